The van der Waals surface area contributed by atoms with Crippen molar-refractivity contribution in [3.63, 3.8) is 0 Å². The maximum atomic E-state index is 5.43. The van der Waals surface area contributed by atoms with Crippen LogP contribution in [0.15, 0.2) is 233 Å². The van der Waals surface area contributed by atoms with Crippen molar-refractivity contribution in [1.29, 1.82) is 0 Å². The summed E-state index contributed by atoms with van der Waals surface area (Å²) in [6, 6.07) is 67.5. The first kappa shape index (κ1) is 38.5. The van der Waals surface area contributed by atoms with Crippen LogP contribution in [0.5, 0.6) is 0 Å². The lowest BCUT2D eigenvalue weighted by atomic mass is 9.67. The van der Waals surface area contributed by atoms with Gasteiger partial charge in [-0.3, -0.25) is 4.57 Å². The van der Waals surface area contributed by atoms with E-state index in [0.29, 0.717) is 0 Å². The molecule has 0 amide bonds. The molecule has 0 bridgehead atoms. The fourth-order valence-corrected chi connectivity index (χ4v) is 12.9. The molecule has 0 saturated heterocycles. The second-order valence-electron chi connectivity index (χ2n) is 18.2. The van der Waals surface area contributed by atoms with Crippen LogP contribution in [0.3, 0.4) is 0 Å². The number of allylic oxidation sites excluding steroid dienone is 8. The Bertz CT molecular complexity index is 3800. The maximum Gasteiger partial charge on any atom is 0.162 e. The van der Waals surface area contributed by atoms with Gasteiger partial charge in [0.15, 0.2) is 5.82 Å². The first-order chi connectivity index (χ1) is 33.2. The van der Waals surface area contributed by atoms with Crippen molar-refractivity contribution in [3.05, 3.63) is 251 Å². The summed E-state index contributed by atoms with van der Waals surface area (Å²) in [6.45, 7) is 0. The molecule has 14 rings (SSSR count). The molecule has 0 fully saturated rings. The van der Waals surface area contributed by atoms with E-state index in [1.807, 2.05) is 11.8 Å². The van der Waals surface area contributed by atoms with Gasteiger partial charge in [-0.15, -0.1) is 0 Å². The van der Waals surface area contributed by atoms with Gasteiger partial charge in [-0.2, -0.15) is 0 Å². The molecule has 67 heavy (non-hydrogen) atoms. The van der Waals surface area contributed by atoms with Gasteiger partial charge in [-0.1, -0.05) is 182 Å². The minimum absolute atomic E-state index is 0.437. The van der Waals surface area contributed by atoms with E-state index in [1.165, 1.54) is 92.6 Å². The maximum absolute atomic E-state index is 5.43. The fraction of sp³-hybridized carbons (Fsp3) is 0.0794. The smallest absolute Gasteiger partial charge is 0.162 e. The molecule has 10 aromatic rings. The van der Waals surface area contributed by atoms with E-state index in [4.69, 9.17) is 9.97 Å². The van der Waals surface area contributed by atoms with Crippen molar-refractivity contribution in [2.24, 2.45) is 0 Å². The molecule has 1 spiro atoms. The number of benzene rings is 8. The molecule has 316 valence electrons. The quantitative estimate of drug-likeness (QED) is 0.173. The minimum atomic E-state index is -0.437. The Hall–Kier alpha value is -7.79. The fourth-order valence-electron chi connectivity index (χ4n) is 11.7. The van der Waals surface area contributed by atoms with Crippen molar-refractivity contribution in [2.45, 2.75) is 40.9 Å². The molecular weight excluding hydrogens is 831 g/mol. The van der Waals surface area contributed by atoms with Crippen LogP contribution in [0.2, 0.25) is 0 Å². The Labute approximate surface area is 394 Å². The van der Waals surface area contributed by atoms with Crippen molar-refractivity contribution < 1.29 is 0 Å². The number of rotatable bonds is 5. The van der Waals surface area contributed by atoms with Gasteiger partial charge in [0, 0.05) is 32.2 Å². The lowest BCUT2D eigenvalue weighted by Crippen LogP contribution is -2.31. The van der Waals surface area contributed by atoms with Gasteiger partial charge in [0.05, 0.1) is 22.1 Å². The predicted octanol–water partition coefficient (Wildman–Crippen LogP) is 16.3. The zero-order chi connectivity index (χ0) is 44.1. The average molecular weight is 874 g/mol. The van der Waals surface area contributed by atoms with E-state index in [-0.39, 0.29) is 0 Å². The molecule has 2 aromatic heterocycles. The van der Waals surface area contributed by atoms with Crippen LogP contribution in [0.25, 0.3) is 77.6 Å². The summed E-state index contributed by atoms with van der Waals surface area (Å²) in [7, 11) is 0. The Balaban J connectivity index is 0.982. The average Bonchev–Trinajstić information content (AvgIpc) is 3.89. The van der Waals surface area contributed by atoms with Crippen molar-refractivity contribution in [2.75, 3.05) is 0 Å². The zero-order valence-electron chi connectivity index (χ0n) is 36.8. The number of nitrogens with zero attached hydrogens (tertiary/aromatic N) is 3. The first-order valence-corrected chi connectivity index (χ1v) is 24.3. The number of hydrogen-bond acceptors (Lipinski definition) is 3. The molecule has 4 aliphatic rings. The van der Waals surface area contributed by atoms with Gasteiger partial charge in [-0.25, -0.2) is 9.97 Å². The van der Waals surface area contributed by atoms with Crippen LogP contribution in [0, 0.1) is 0 Å². The summed E-state index contributed by atoms with van der Waals surface area (Å²) in [6.07, 6.45) is 15.5. The molecule has 0 saturated carbocycles. The molecule has 1 aliphatic heterocycles. The van der Waals surface area contributed by atoms with Gasteiger partial charge in [0.1, 0.15) is 5.82 Å². The van der Waals surface area contributed by atoms with E-state index in [9.17, 15) is 0 Å². The second kappa shape index (κ2) is 15.1. The summed E-state index contributed by atoms with van der Waals surface area (Å²) in [5.74, 6) is 1.60. The summed E-state index contributed by atoms with van der Waals surface area (Å²) < 4.78 is 2.38. The van der Waals surface area contributed by atoms with Crippen LogP contribution in [-0.4, -0.2) is 14.5 Å². The molecular formula is C63H43N3S. The third kappa shape index (κ3) is 5.86. The molecule has 8 aromatic carbocycles. The highest BCUT2D eigenvalue weighted by Crippen LogP contribution is 2.62. The molecule has 0 atom stereocenters. The van der Waals surface area contributed by atoms with E-state index >= 15 is 0 Å². The number of aromatic nitrogens is 3. The molecule has 3 heterocycles. The van der Waals surface area contributed by atoms with Gasteiger partial charge in [0.2, 0.25) is 0 Å². The molecule has 3 aliphatic carbocycles. The molecule has 0 N–H and O–H groups in total. The minimum Gasteiger partial charge on any atom is -0.294 e. The van der Waals surface area contributed by atoms with Crippen LogP contribution in [0.4, 0.5) is 0 Å². The van der Waals surface area contributed by atoms with Crippen molar-refractivity contribution >= 4 is 49.9 Å². The van der Waals surface area contributed by atoms with Crippen LogP contribution in [-0.2, 0) is 5.41 Å². The Morgan fingerprint density at radius 3 is 1.94 bits per heavy atom. The number of hydrogen-bond donors (Lipinski definition) is 0. The molecule has 0 radical (unpaired) electrons. The lowest BCUT2D eigenvalue weighted by molar-refractivity contribution is 0.722. The van der Waals surface area contributed by atoms with Crippen LogP contribution >= 0.6 is 11.8 Å². The lowest BCUT2D eigenvalue weighted by Gasteiger charge is -2.39. The van der Waals surface area contributed by atoms with Crippen molar-refractivity contribution in [3.8, 4) is 39.5 Å². The zero-order valence-corrected chi connectivity index (χ0v) is 37.6. The van der Waals surface area contributed by atoms with Crippen LogP contribution < -0.4 is 0 Å². The molecule has 0 unspecified atom stereocenters. The van der Waals surface area contributed by atoms with Gasteiger partial charge in [0.25, 0.3) is 0 Å². The van der Waals surface area contributed by atoms with E-state index in [1.54, 1.807) is 0 Å². The molecule has 4 heteroatoms. The van der Waals surface area contributed by atoms with E-state index in [2.05, 4.69) is 217 Å². The van der Waals surface area contributed by atoms with E-state index in [0.717, 1.165) is 59.6 Å². The highest BCUT2D eigenvalue weighted by atomic mass is 32.2. The topological polar surface area (TPSA) is 30.7 Å². The summed E-state index contributed by atoms with van der Waals surface area (Å²) in [5, 5.41) is 4.88. The third-order valence-corrected chi connectivity index (χ3v) is 15.9. The Kier molecular flexibility index (Phi) is 8.69. The van der Waals surface area contributed by atoms with Crippen LogP contribution in [0.1, 0.15) is 53.6 Å². The van der Waals surface area contributed by atoms with Crippen molar-refractivity contribution in [1.82, 2.24) is 14.5 Å². The third-order valence-electron chi connectivity index (χ3n) is 14.7. The first-order valence-electron chi connectivity index (χ1n) is 23.5. The largest absolute Gasteiger partial charge is 0.294 e. The predicted molar refractivity (Wildman–Crippen MR) is 278 cm³/mol. The molecule has 3 nitrogen and oxygen atoms in total. The Morgan fingerprint density at radius 2 is 1.13 bits per heavy atom. The summed E-state index contributed by atoms with van der Waals surface area (Å²) >= 11 is 1.89. The number of fused-ring (bicyclic) bond motifs is 14. The standard InChI is InChI=1S/C63H43N3S/c1-3-15-40(16-4-1)41-27-29-43(30-28-41)55-39-60(65-62(64-55)44-18-5-2-6-19-44)66-56-35-33-45(37-50(56)61-47-20-8-7-17-42(47)32-36-57(61)66)46-31-34-49-48-21-9-10-22-51(48)63(54(49)38-46)52-23-11-13-25-58(52)67-59-26-14-12-24-53(59)63/h1-3,5-15,17-27,29,31-39H,4,16,28,30H2. The second-order valence-corrected chi connectivity index (χ2v) is 19.3. The van der Waals surface area contributed by atoms with Gasteiger partial charge in [-0.05, 0) is 134 Å². The van der Waals surface area contributed by atoms with Gasteiger partial charge < -0.3 is 0 Å². The SMILES string of the molecule is C1=CCCC(C2=CC=C(c3cc(-n4c5ccc(-c6ccc7c(c6)C6(c8ccccc8Sc8ccccc86)c6ccccc6-7)cc5c5c6ccccc6ccc54)nc(-c4ccccc4)n3)CC2)=C1. The Morgan fingerprint density at radius 1 is 0.463 bits per heavy atom. The monoisotopic (exact) mass is 873 g/mol. The summed E-state index contributed by atoms with van der Waals surface area (Å²) in [4.78, 5) is 13.4. The van der Waals surface area contributed by atoms with E-state index < -0.39 is 5.41 Å². The normalized spacial score (nSPS) is 15.5. The summed E-state index contributed by atoms with van der Waals surface area (Å²) in [5.41, 5.74) is 18.3. The highest BCUT2D eigenvalue weighted by molar-refractivity contribution is 7.99. The highest BCUT2D eigenvalue weighted by Gasteiger charge is 2.50. The van der Waals surface area contributed by atoms with Gasteiger partial charge >= 0.3 is 0 Å².